The third-order valence-corrected chi connectivity index (χ3v) is 2.49. The molecule has 0 radical (unpaired) electrons. The summed E-state index contributed by atoms with van der Waals surface area (Å²) in [7, 11) is 0. The highest BCUT2D eigenvalue weighted by atomic mass is 15.2. The second-order valence-corrected chi connectivity index (χ2v) is 3.65. The van der Waals surface area contributed by atoms with E-state index in [2.05, 4.69) is 16.0 Å². The lowest BCUT2D eigenvalue weighted by molar-refractivity contribution is 0.752. The van der Waals surface area contributed by atoms with Crippen LogP contribution in [0, 0.1) is 6.92 Å². The lowest BCUT2D eigenvalue weighted by atomic mass is 10.3. The Labute approximate surface area is 78.6 Å². The Hall–Kier alpha value is -1.09. The summed E-state index contributed by atoms with van der Waals surface area (Å²) in [6.45, 7) is 4.02. The molecule has 0 saturated carbocycles. The Bertz CT molecular complexity index is 281. The molecule has 0 aliphatic carbocycles. The molecule has 0 spiro atoms. The van der Waals surface area contributed by atoms with Gasteiger partial charge in [0.25, 0.3) is 0 Å². The number of aryl methyl sites for hydroxylation is 1. The first-order valence-corrected chi connectivity index (χ1v) is 4.69. The molecule has 2 heterocycles. The first kappa shape index (κ1) is 8.51. The van der Waals surface area contributed by atoms with Crippen molar-refractivity contribution in [3.63, 3.8) is 0 Å². The maximum atomic E-state index is 5.83. The van der Waals surface area contributed by atoms with Gasteiger partial charge < -0.3 is 10.6 Å². The summed E-state index contributed by atoms with van der Waals surface area (Å²) in [5.41, 5.74) is 8.09. The van der Waals surface area contributed by atoms with Crippen LogP contribution in [-0.2, 0) is 0 Å². The fourth-order valence-electron chi connectivity index (χ4n) is 1.67. The van der Waals surface area contributed by atoms with Crippen LogP contribution in [0.2, 0.25) is 0 Å². The van der Waals surface area contributed by atoms with E-state index < -0.39 is 0 Å². The standard InChI is InChI=1S/C10H15N3/c1-8-2-3-10(6-12-8)13-5-4-9(11)7-13/h2-3,6,9H,4-5,7,11H2,1H3/t9-/m1/s1. The van der Waals surface area contributed by atoms with Crippen molar-refractivity contribution in [1.82, 2.24) is 4.98 Å². The molecule has 1 aromatic rings. The van der Waals surface area contributed by atoms with Crippen LogP contribution in [0.25, 0.3) is 0 Å². The zero-order valence-electron chi connectivity index (χ0n) is 7.90. The van der Waals surface area contributed by atoms with Crippen molar-refractivity contribution in [2.45, 2.75) is 19.4 Å². The highest BCUT2D eigenvalue weighted by Crippen LogP contribution is 2.18. The van der Waals surface area contributed by atoms with E-state index in [1.54, 1.807) is 0 Å². The minimum atomic E-state index is 0.335. The smallest absolute Gasteiger partial charge is 0.0553 e. The fraction of sp³-hybridized carbons (Fsp3) is 0.500. The van der Waals surface area contributed by atoms with E-state index in [9.17, 15) is 0 Å². The molecule has 3 heteroatoms. The van der Waals surface area contributed by atoms with Gasteiger partial charge in [0.15, 0.2) is 0 Å². The maximum Gasteiger partial charge on any atom is 0.0553 e. The molecule has 0 unspecified atom stereocenters. The number of anilines is 1. The van der Waals surface area contributed by atoms with E-state index in [-0.39, 0.29) is 0 Å². The summed E-state index contributed by atoms with van der Waals surface area (Å²) >= 11 is 0. The highest BCUT2D eigenvalue weighted by molar-refractivity contribution is 5.45. The molecule has 2 rings (SSSR count). The Morgan fingerprint density at radius 2 is 2.38 bits per heavy atom. The lowest BCUT2D eigenvalue weighted by Gasteiger charge is -2.17. The zero-order valence-corrected chi connectivity index (χ0v) is 7.90. The molecule has 1 fully saturated rings. The normalized spacial score (nSPS) is 22.3. The first-order chi connectivity index (χ1) is 6.25. The van der Waals surface area contributed by atoms with Gasteiger partial charge in [-0.15, -0.1) is 0 Å². The molecule has 3 nitrogen and oxygen atoms in total. The second-order valence-electron chi connectivity index (χ2n) is 3.65. The van der Waals surface area contributed by atoms with Crippen LogP contribution >= 0.6 is 0 Å². The summed E-state index contributed by atoms with van der Waals surface area (Å²) in [6.07, 6.45) is 3.02. The summed E-state index contributed by atoms with van der Waals surface area (Å²) in [5, 5.41) is 0. The number of nitrogens with two attached hydrogens (primary N) is 1. The number of hydrogen-bond acceptors (Lipinski definition) is 3. The summed E-state index contributed by atoms with van der Waals surface area (Å²) in [6, 6.07) is 4.49. The minimum absolute atomic E-state index is 0.335. The summed E-state index contributed by atoms with van der Waals surface area (Å²) in [5.74, 6) is 0. The SMILES string of the molecule is Cc1ccc(N2CC[C@@H](N)C2)cn1. The van der Waals surface area contributed by atoms with Crippen LogP contribution < -0.4 is 10.6 Å². The van der Waals surface area contributed by atoms with Crippen molar-refractivity contribution in [2.24, 2.45) is 5.73 Å². The fourth-order valence-corrected chi connectivity index (χ4v) is 1.67. The van der Waals surface area contributed by atoms with Crippen LogP contribution in [0.5, 0.6) is 0 Å². The van der Waals surface area contributed by atoms with Gasteiger partial charge in [-0.2, -0.15) is 0 Å². The van der Waals surface area contributed by atoms with Gasteiger partial charge in [-0.3, -0.25) is 4.98 Å². The monoisotopic (exact) mass is 177 g/mol. The van der Waals surface area contributed by atoms with Gasteiger partial charge >= 0.3 is 0 Å². The van der Waals surface area contributed by atoms with Gasteiger partial charge in [0.05, 0.1) is 11.9 Å². The van der Waals surface area contributed by atoms with Crippen LogP contribution in [0.15, 0.2) is 18.3 Å². The van der Waals surface area contributed by atoms with E-state index >= 15 is 0 Å². The Morgan fingerprint density at radius 3 is 2.92 bits per heavy atom. The average molecular weight is 177 g/mol. The molecule has 1 aliphatic rings. The molecule has 1 aliphatic heterocycles. The first-order valence-electron chi connectivity index (χ1n) is 4.69. The van der Waals surface area contributed by atoms with Gasteiger partial charge in [-0.1, -0.05) is 0 Å². The van der Waals surface area contributed by atoms with Crippen molar-refractivity contribution in [1.29, 1.82) is 0 Å². The molecule has 0 amide bonds. The summed E-state index contributed by atoms with van der Waals surface area (Å²) in [4.78, 5) is 6.56. The minimum Gasteiger partial charge on any atom is -0.369 e. The number of rotatable bonds is 1. The van der Waals surface area contributed by atoms with Gasteiger partial charge in [0.1, 0.15) is 0 Å². The predicted molar refractivity (Wildman–Crippen MR) is 53.8 cm³/mol. The average Bonchev–Trinajstić information content (AvgIpc) is 2.53. The van der Waals surface area contributed by atoms with Crippen LogP contribution in [-0.4, -0.2) is 24.1 Å². The third kappa shape index (κ3) is 1.80. The maximum absolute atomic E-state index is 5.83. The largest absolute Gasteiger partial charge is 0.369 e. The van der Waals surface area contributed by atoms with Gasteiger partial charge in [-0.25, -0.2) is 0 Å². The number of nitrogens with zero attached hydrogens (tertiary/aromatic N) is 2. The number of pyridine rings is 1. The molecule has 1 saturated heterocycles. The molecular formula is C10H15N3. The van der Waals surface area contributed by atoms with Crippen molar-refractivity contribution < 1.29 is 0 Å². The van der Waals surface area contributed by atoms with Gasteiger partial charge in [0.2, 0.25) is 0 Å². The van der Waals surface area contributed by atoms with E-state index in [0.717, 1.165) is 25.2 Å². The zero-order chi connectivity index (χ0) is 9.26. The molecule has 2 N–H and O–H groups in total. The van der Waals surface area contributed by atoms with Crippen LogP contribution in [0.1, 0.15) is 12.1 Å². The molecule has 0 bridgehead atoms. The Kier molecular flexibility index (Phi) is 2.19. The molecule has 0 aromatic carbocycles. The van der Waals surface area contributed by atoms with Crippen molar-refractivity contribution >= 4 is 5.69 Å². The van der Waals surface area contributed by atoms with Gasteiger partial charge in [0, 0.05) is 24.8 Å². The summed E-state index contributed by atoms with van der Waals surface area (Å²) < 4.78 is 0. The quantitative estimate of drug-likeness (QED) is 0.693. The van der Waals surface area contributed by atoms with E-state index in [1.807, 2.05) is 19.2 Å². The van der Waals surface area contributed by atoms with Crippen molar-refractivity contribution in [3.05, 3.63) is 24.0 Å². The van der Waals surface area contributed by atoms with E-state index in [4.69, 9.17) is 5.73 Å². The lowest BCUT2D eigenvalue weighted by Crippen LogP contribution is -2.26. The number of hydrogen-bond donors (Lipinski definition) is 1. The number of aromatic nitrogens is 1. The molecular weight excluding hydrogens is 162 g/mol. The van der Waals surface area contributed by atoms with Crippen LogP contribution in [0.4, 0.5) is 5.69 Å². The highest BCUT2D eigenvalue weighted by Gasteiger charge is 2.18. The molecule has 1 aromatic heterocycles. The van der Waals surface area contributed by atoms with E-state index in [1.165, 1.54) is 5.69 Å². The molecule has 1 atom stereocenters. The molecule has 70 valence electrons. The third-order valence-electron chi connectivity index (χ3n) is 2.49. The Morgan fingerprint density at radius 1 is 1.54 bits per heavy atom. The molecule has 13 heavy (non-hydrogen) atoms. The Balaban J connectivity index is 2.13. The second kappa shape index (κ2) is 3.34. The van der Waals surface area contributed by atoms with Crippen molar-refractivity contribution in [3.8, 4) is 0 Å². The predicted octanol–water partition coefficient (Wildman–Crippen LogP) is 0.927. The van der Waals surface area contributed by atoms with Crippen molar-refractivity contribution in [2.75, 3.05) is 18.0 Å². The topological polar surface area (TPSA) is 42.1 Å². The van der Waals surface area contributed by atoms with Crippen LogP contribution in [0.3, 0.4) is 0 Å². The van der Waals surface area contributed by atoms with Gasteiger partial charge in [-0.05, 0) is 25.5 Å². The van der Waals surface area contributed by atoms with E-state index in [0.29, 0.717) is 6.04 Å².